The third-order valence-corrected chi connectivity index (χ3v) is 3.49. The Balaban J connectivity index is 1.86. The van der Waals surface area contributed by atoms with Gasteiger partial charge < -0.3 is 10.1 Å². The van der Waals surface area contributed by atoms with E-state index >= 15 is 0 Å². The normalized spacial score (nSPS) is 11.1. The van der Waals surface area contributed by atoms with E-state index in [4.69, 9.17) is 4.74 Å². The van der Waals surface area contributed by atoms with Crippen LogP contribution in [0, 0.1) is 5.82 Å². The molecule has 2 aromatic rings. The Morgan fingerprint density at radius 3 is 2.60 bits per heavy atom. The molecule has 0 fully saturated rings. The first kappa shape index (κ1) is 14.9. The first-order valence-corrected chi connectivity index (χ1v) is 7.18. The van der Waals surface area contributed by atoms with Crippen molar-refractivity contribution in [2.45, 2.75) is 19.3 Å². The maximum absolute atomic E-state index is 13.7. The van der Waals surface area contributed by atoms with Gasteiger partial charge in [-0.2, -0.15) is 0 Å². The van der Waals surface area contributed by atoms with Crippen LogP contribution >= 0.6 is 0 Å². The SMILES string of the molecule is COCCNCCCCc1ccc(F)c2ccccc12. The summed E-state index contributed by atoms with van der Waals surface area (Å²) in [5, 5.41) is 5.10. The maximum Gasteiger partial charge on any atom is 0.131 e. The Labute approximate surface area is 119 Å². The van der Waals surface area contributed by atoms with Gasteiger partial charge in [-0.1, -0.05) is 30.3 Å². The Bertz CT molecular complexity index is 542. The number of hydrogen-bond donors (Lipinski definition) is 1. The summed E-state index contributed by atoms with van der Waals surface area (Å²) in [6.07, 6.45) is 3.22. The molecular weight excluding hydrogens is 253 g/mol. The van der Waals surface area contributed by atoms with E-state index in [9.17, 15) is 4.39 Å². The molecular formula is C17H22FNO. The monoisotopic (exact) mass is 275 g/mol. The van der Waals surface area contributed by atoms with Crippen LogP contribution in [-0.4, -0.2) is 26.8 Å². The lowest BCUT2D eigenvalue weighted by molar-refractivity contribution is 0.199. The summed E-state index contributed by atoms with van der Waals surface area (Å²) in [5.41, 5.74) is 1.24. The molecule has 0 unspecified atom stereocenters. The van der Waals surface area contributed by atoms with Crippen LogP contribution in [0.2, 0.25) is 0 Å². The molecule has 2 rings (SSSR count). The molecule has 0 aliphatic rings. The van der Waals surface area contributed by atoms with Gasteiger partial charge in [-0.3, -0.25) is 0 Å². The highest BCUT2D eigenvalue weighted by Crippen LogP contribution is 2.23. The number of nitrogens with one attached hydrogen (secondary N) is 1. The molecule has 0 radical (unpaired) electrons. The highest BCUT2D eigenvalue weighted by molar-refractivity contribution is 5.86. The summed E-state index contributed by atoms with van der Waals surface area (Å²) in [6, 6.07) is 11.2. The van der Waals surface area contributed by atoms with Gasteiger partial charge in [0, 0.05) is 19.0 Å². The number of fused-ring (bicyclic) bond motifs is 1. The summed E-state index contributed by atoms with van der Waals surface area (Å²) in [4.78, 5) is 0. The first-order valence-electron chi connectivity index (χ1n) is 7.18. The van der Waals surface area contributed by atoms with E-state index in [1.54, 1.807) is 13.2 Å². The molecule has 108 valence electrons. The number of ether oxygens (including phenoxy) is 1. The minimum Gasteiger partial charge on any atom is -0.383 e. The zero-order valence-electron chi connectivity index (χ0n) is 12.0. The molecule has 0 spiro atoms. The molecule has 0 saturated heterocycles. The number of rotatable bonds is 8. The molecule has 0 heterocycles. The van der Waals surface area contributed by atoms with Crippen molar-refractivity contribution in [1.29, 1.82) is 0 Å². The van der Waals surface area contributed by atoms with Gasteiger partial charge in [-0.15, -0.1) is 0 Å². The third-order valence-electron chi connectivity index (χ3n) is 3.49. The van der Waals surface area contributed by atoms with E-state index in [2.05, 4.69) is 5.32 Å². The topological polar surface area (TPSA) is 21.3 Å². The molecule has 20 heavy (non-hydrogen) atoms. The molecule has 0 aliphatic carbocycles. The van der Waals surface area contributed by atoms with Crippen LogP contribution in [0.1, 0.15) is 18.4 Å². The molecule has 1 N–H and O–H groups in total. The van der Waals surface area contributed by atoms with Gasteiger partial charge in [0.25, 0.3) is 0 Å². The highest BCUT2D eigenvalue weighted by atomic mass is 19.1. The first-order chi connectivity index (χ1) is 9.83. The standard InChI is InChI=1S/C17H22FNO/c1-20-13-12-19-11-5-4-6-14-9-10-17(18)16-8-3-2-7-15(14)16/h2-3,7-10,19H,4-6,11-13H2,1H3. The predicted molar refractivity (Wildman–Crippen MR) is 81.6 cm³/mol. The lowest BCUT2D eigenvalue weighted by atomic mass is 10.00. The van der Waals surface area contributed by atoms with E-state index in [1.807, 2.05) is 30.3 Å². The van der Waals surface area contributed by atoms with Gasteiger partial charge in [-0.05, 0) is 42.8 Å². The second kappa shape index (κ2) is 7.98. The van der Waals surface area contributed by atoms with Crippen molar-refractivity contribution in [2.24, 2.45) is 0 Å². The van der Waals surface area contributed by atoms with E-state index in [-0.39, 0.29) is 5.82 Å². The smallest absolute Gasteiger partial charge is 0.131 e. The summed E-state index contributed by atoms with van der Waals surface area (Å²) in [5.74, 6) is -0.134. The van der Waals surface area contributed by atoms with Crippen molar-refractivity contribution in [3.63, 3.8) is 0 Å². The molecule has 0 saturated carbocycles. The van der Waals surface area contributed by atoms with Gasteiger partial charge in [0.2, 0.25) is 0 Å². The second-order valence-corrected chi connectivity index (χ2v) is 4.95. The van der Waals surface area contributed by atoms with Crippen molar-refractivity contribution in [3.05, 3.63) is 47.8 Å². The Kier molecular flexibility index (Phi) is 5.96. The Morgan fingerprint density at radius 2 is 1.80 bits per heavy atom. The Morgan fingerprint density at radius 1 is 1.00 bits per heavy atom. The molecule has 2 aromatic carbocycles. The van der Waals surface area contributed by atoms with Gasteiger partial charge in [0.1, 0.15) is 5.82 Å². The fourth-order valence-electron chi connectivity index (χ4n) is 2.41. The van der Waals surface area contributed by atoms with E-state index < -0.39 is 0 Å². The summed E-state index contributed by atoms with van der Waals surface area (Å²) in [7, 11) is 1.71. The third kappa shape index (κ3) is 4.02. The number of unbranched alkanes of at least 4 members (excludes halogenated alkanes) is 1. The highest BCUT2D eigenvalue weighted by Gasteiger charge is 2.04. The fourth-order valence-corrected chi connectivity index (χ4v) is 2.41. The largest absolute Gasteiger partial charge is 0.383 e. The Hall–Kier alpha value is -1.45. The predicted octanol–water partition coefficient (Wildman–Crippen LogP) is 3.54. The second-order valence-electron chi connectivity index (χ2n) is 4.95. The van der Waals surface area contributed by atoms with Crippen LogP contribution in [0.25, 0.3) is 10.8 Å². The summed E-state index contributed by atoms with van der Waals surface area (Å²) >= 11 is 0. The molecule has 3 heteroatoms. The van der Waals surface area contributed by atoms with Crippen LogP contribution in [0.5, 0.6) is 0 Å². The van der Waals surface area contributed by atoms with Crippen LogP contribution in [0.3, 0.4) is 0 Å². The number of benzene rings is 2. The van der Waals surface area contributed by atoms with E-state index in [0.717, 1.165) is 49.7 Å². The minimum atomic E-state index is -0.134. The van der Waals surface area contributed by atoms with E-state index in [0.29, 0.717) is 0 Å². The minimum absolute atomic E-state index is 0.134. The van der Waals surface area contributed by atoms with Crippen molar-refractivity contribution in [3.8, 4) is 0 Å². The fraction of sp³-hybridized carbons (Fsp3) is 0.412. The lowest BCUT2D eigenvalue weighted by Crippen LogP contribution is -2.20. The zero-order valence-corrected chi connectivity index (χ0v) is 12.0. The molecule has 0 atom stereocenters. The number of hydrogen-bond acceptors (Lipinski definition) is 2. The lowest BCUT2D eigenvalue weighted by Gasteiger charge is -2.08. The van der Waals surface area contributed by atoms with Gasteiger partial charge >= 0.3 is 0 Å². The molecule has 2 nitrogen and oxygen atoms in total. The average Bonchev–Trinajstić information content (AvgIpc) is 2.49. The number of aryl methyl sites for hydroxylation is 1. The average molecular weight is 275 g/mol. The number of methoxy groups -OCH3 is 1. The molecule has 0 aliphatic heterocycles. The van der Waals surface area contributed by atoms with Gasteiger partial charge in [0.15, 0.2) is 0 Å². The van der Waals surface area contributed by atoms with Crippen molar-refractivity contribution < 1.29 is 9.13 Å². The van der Waals surface area contributed by atoms with Crippen LogP contribution in [-0.2, 0) is 11.2 Å². The quantitative estimate of drug-likeness (QED) is 0.744. The molecule has 0 aromatic heterocycles. The summed E-state index contributed by atoms with van der Waals surface area (Å²) in [6.45, 7) is 2.65. The molecule has 0 bridgehead atoms. The zero-order chi connectivity index (χ0) is 14.2. The summed E-state index contributed by atoms with van der Waals surface area (Å²) < 4.78 is 18.7. The van der Waals surface area contributed by atoms with Crippen molar-refractivity contribution in [2.75, 3.05) is 26.8 Å². The van der Waals surface area contributed by atoms with Crippen LogP contribution < -0.4 is 5.32 Å². The van der Waals surface area contributed by atoms with Gasteiger partial charge in [-0.25, -0.2) is 4.39 Å². The van der Waals surface area contributed by atoms with Crippen LogP contribution in [0.15, 0.2) is 36.4 Å². The van der Waals surface area contributed by atoms with Crippen LogP contribution in [0.4, 0.5) is 4.39 Å². The van der Waals surface area contributed by atoms with E-state index in [1.165, 1.54) is 5.56 Å². The maximum atomic E-state index is 13.7. The van der Waals surface area contributed by atoms with Crippen molar-refractivity contribution >= 4 is 10.8 Å². The van der Waals surface area contributed by atoms with Gasteiger partial charge in [0.05, 0.1) is 6.61 Å². The molecule has 0 amide bonds. The van der Waals surface area contributed by atoms with Crippen molar-refractivity contribution in [1.82, 2.24) is 5.32 Å². The number of halogens is 1.